The molecule has 0 N–H and O–H groups in total. The van der Waals surface area contributed by atoms with E-state index in [-0.39, 0.29) is 0 Å². The molecule has 0 unspecified atom stereocenters. The third-order valence-electron chi connectivity index (χ3n) is 11.0. The van der Waals surface area contributed by atoms with E-state index >= 15 is 0 Å². The Morgan fingerprint density at radius 2 is 0.755 bits per heavy atom. The summed E-state index contributed by atoms with van der Waals surface area (Å²) in [5.41, 5.74) is 9.97. The molecule has 0 aliphatic carbocycles. The van der Waals surface area contributed by atoms with E-state index in [9.17, 15) is 0 Å². The predicted molar refractivity (Wildman–Crippen MR) is 231 cm³/mol. The summed E-state index contributed by atoms with van der Waals surface area (Å²) in [5.74, 6) is 0. The number of thiophene rings is 1. The van der Waals surface area contributed by atoms with Crippen molar-refractivity contribution in [3.05, 3.63) is 194 Å². The molecular formula is C52H32S. The maximum atomic E-state index is 2.42. The molecule has 11 rings (SSSR count). The highest BCUT2D eigenvalue weighted by molar-refractivity contribution is 7.27. The van der Waals surface area contributed by atoms with Gasteiger partial charge < -0.3 is 0 Å². The predicted octanol–water partition coefficient (Wildman–Crippen LogP) is 15.3. The summed E-state index contributed by atoms with van der Waals surface area (Å²) < 4.78 is 2.69. The van der Waals surface area contributed by atoms with Gasteiger partial charge in [-0.05, 0) is 100 Å². The van der Waals surface area contributed by atoms with E-state index in [1.165, 1.54) is 108 Å². The first-order chi connectivity index (χ1) is 26.3. The van der Waals surface area contributed by atoms with Crippen molar-refractivity contribution < 1.29 is 0 Å². The van der Waals surface area contributed by atoms with Gasteiger partial charge in [0.1, 0.15) is 0 Å². The summed E-state index contributed by atoms with van der Waals surface area (Å²) in [6.07, 6.45) is 0. The van der Waals surface area contributed by atoms with Crippen LogP contribution >= 0.6 is 11.3 Å². The molecule has 0 fully saturated rings. The van der Waals surface area contributed by atoms with Crippen LogP contribution in [0.2, 0.25) is 0 Å². The van der Waals surface area contributed by atoms with Crippen LogP contribution < -0.4 is 0 Å². The van der Waals surface area contributed by atoms with Gasteiger partial charge in [0.25, 0.3) is 0 Å². The Morgan fingerprint density at radius 3 is 1.45 bits per heavy atom. The topological polar surface area (TPSA) is 0 Å². The molecule has 0 atom stereocenters. The van der Waals surface area contributed by atoms with E-state index in [1.807, 2.05) is 11.3 Å². The van der Waals surface area contributed by atoms with Crippen LogP contribution in [0.5, 0.6) is 0 Å². The second-order valence-electron chi connectivity index (χ2n) is 13.9. The lowest BCUT2D eigenvalue weighted by molar-refractivity contribution is 1.60. The van der Waals surface area contributed by atoms with Crippen LogP contribution in [0, 0.1) is 0 Å². The van der Waals surface area contributed by atoms with Gasteiger partial charge >= 0.3 is 0 Å². The Bertz CT molecular complexity index is 3160. The minimum absolute atomic E-state index is 1.22. The molecular weight excluding hydrogens is 657 g/mol. The van der Waals surface area contributed by atoms with Gasteiger partial charge in [0.05, 0.1) is 0 Å². The minimum Gasteiger partial charge on any atom is -0.135 e. The molecule has 0 radical (unpaired) electrons. The number of rotatable bonds is 4. The third kappa shape index (κ3) is 4.68. The van der Waals surface area contributed by atoms with Gasteiger partial charge in [0.15, 0.2) is 0 Å². The average molecular weight is 689 g/mol. The first kappa shape index (κ1) is 30.1. The van der Waals surface area contributed by atoms with Gasteiger partial charge in [-0.15, -0.1) is 11.3 Å². The zero-order valence-corrected chi connectivity index (χ0v) is 29.7. The smallest absolute Gasteiger partial charge is 0.0440 e. The van der Waals surface area contributed by atoms with Crippen LogP contribution in [0.4, 0.5) is 0 Å². The van der Waals surface area contributed by atoms with Gasteiger partial charge in [-0.1, -0.05) is 176 Å². The normalized spacial score (nSPS) is 11.8. The van der Waals surface area contributed by atoms with Crippen molar-refractivity contribution in [1.82, 2.24) is 0 Å². The van der Waals surface area contributed by atoms with Crippen molar-refractivity contribution >= 4 is 74.6 Å². The summed E-state index contributed by atoms with van der Waals surface area (Å²) >= 11 is 1.91. The molecule has 0 saturated carbocycles. The number of hydrogen-bond donors (Lipinski definition) is 0. The van der Waals surface area contributed by atoms with Gasteiger partial charge in [0.2, 0.25) is 0 Å². The fourth-order valence-electron chi connectivity index (χ4n) is 8.74. The first-order valence-corrected chi connectivity index (χ1v) is 19.1. The Kier molecular flexibility index (Phi) is 6.83. The molecule has 0 nitrogen and oxygen atoms in total. The van der Waals surface area contributed by atoms with Crippen LogP contribution in [0.15, 0.2) is 194 Å². The van der Waals surface area contributed by atoms with Crippen molar-refractivity contribution in [2.75, 3.05) is 0 Å². The molecule has 0 aliphatic rings. The van der Waals surface area contributed by atoms with E-state index in [1.54, 1.807) is 0 Å². The van der Waals surface area contributed by atoms with Crippen molar-refractivity contribution in [1.29, 1.82) is 0 Å². The van der Waals surface area contributed by atoms with Crippen molar-refractivity contribution in [2.45, 2.75) is 0 Å². The maximum Gasteiger partial charge on any atom is 0.0440 e. The van der Waals surface area contributed by atoms with Crippen molar-refractivity contribution in [3.63, 3.8) is 0 Å². The minimum atomic E-state index is 1.22. The molecule has 11 aromatic rings. The second kappa shape index (κ2) is 12.0. The molecule has 1 heterocycles. The fourth-order valence-corrected chi connectivity index (χ4v) is 9.98. The Hall–Kier alpha value is -6.54. The van der Waals surface area contributed by atoms with Crippen LogP contribution in [-0.2, 0) is 0 Å². The summed E-state index contributed by atoms with van der Waals surface area (Å²) in [6, 6.07) is 71.6. The molecule has 0 saturated heterocycles. The van der Waals surface area contributed by atoms with Gasteiger partial charge in [0, 0.05) is 25.6 Å². The summed E-state index contributed by atoms with van der Waals surface area (Å²) in [5, 5.41) is 13.0. The zero-order valence-electron chi connectivity index (χ0n) is 28.9. The monoisotopic (exact) mass is 688 g/mol. The zero-order chi connectivity index (χ0) is 34.9. The lowest BCUT2D eigenvalue weighted by atomic mass is 9.83. The van der Waals surface area contributed by atoms with E-state index in [0.29, 0.717) is 0 Å². The van der Waals surface area contributed by atoms with Crippen molar-refractivity contribution in [2.24, 2.45) is 0 Å². The quantitative estimate of drug-likeness (QED) is 0.128. The highest BCUT2D eigenvalue weighted by Crippen LogP contribution is 2.48. The molecule has 1 aromatic heterocycles. The molecule has 0 bridgehead atoms. The number of hydrogen-bond acceptors (Lipinski definition) is 1. The van der Waals surface area contributed by atoms with Crippen molar-refractivity contribution in [3.8, 4) is 44.5 Å². The average Bonchev–Trinajstić information content (AvgIpc) is 3.63. The molecule has 0 spiro atoms. The summed E-state index contributed by atoms with van der Waals surface area (Å²) in [7, 11) is 0. The number of benzene rings is 10. The molecule has 10 aromatic carbocycles. The molecule has 0 aliphatic heterocycles. The van der Waals surface area contributed by atoms with Gasteiger partial charge in [-0.25, -0.2) is 0 Å². The van der Waals surface area contributed by atoms with Crippen LogP contribution in [0.3, 0.4) is 0 Å². The first-order valence-electron chi connectivity index (χ1n) is 18.3. The van der Waals surface area contributed by atoms with E-state index in [4.69, 9.17) is 0 Å². The standard InChI is InChI=1S/C52H32S/c1-2-15-33(16-3-1)37-19-4-7-22-40(37)50-44-26-11-9-24-42(44)49(43-25-10-12-27-45(43)50)36-18-14-17-34(31-36)35-29-30-48-47(32-35)51-41-23-8-5-20-38(41)39-21-6-13-28-46(39)52(51)53-48/h1-32H. The summed E-state index contributed by atoms with van der Waals surface area (Å²) in [6.45, 7) is 0. The van der Waals surface area contributed by atoms with Crippen LogP contribution in [0.25, 0.3) is 108 Å². The largest absolute Gasteiger partial charge is 0.135 e. The molecule has 1 heteroatoms. The fraction of sp³-hybridized carbons (Fsp3) is 0. The summed E-state index contributed by atoms with van der Waals surface area (Å²) in [4.78, 5) is 0. The molecule has 0 amide bonds. The lowest BCUT2D eigenvalue weighted by Gasteiger charge is -2.20. The van der Waals surface area contributed by atoms with E-state index in [2.05, 4.69) is 194 Å². The third-order valence-corrected chi connectivity index (χ3v) is 12.2. The Morgan fingerprint density at radius 1 is 0.264 bits per heavy atom. The molecule has 246 valence electrons. The van der Waals surface area contributed by atoms with E-state index in [0.717, 1.165) is 0 Å². The number of fused-ring (bicyclic) bond motifs is 10. The Labute approximate surface area is 311 Å². The molecule has 53 heavy (non-hydrogen) atoms. The van der Waals surface area contributed by atoms with Crippen LogP contribution in [0.1, 0.15) is 0 Å². The second-order valence-corrected chi connectivity index (χ2v) is 15.0. The van der Waals surface area contributed by atoms with Crippen LogP contribution in [-0.4, -0.2) is 0 Å². The van der Waals surface area contributed by atoms with Gasteiger partial charge in [-0.3, -0.25) is 0 Å². The Balaban J connectivity index is 1.13. The lowest BCUT2D eigenvalue weighted by Crippen LogP contribution is -1.93. The van der Waals surface area contributed by atoms with Gasteiger partial charge in [-0.2, -0.15) is 0 Å². The van der Waals surface area contributed by atoms with E-state index < -0.39 is 0 Å². The highest BCUT2D eigenvalue weighted by Gasteiger charge is 2.20. The SMILES string of the molecule is c1ccc(-c2ccccc2-c2c3ccccc3c(-c3cccc(-c4ccc5sc6c7ccccc7c7ccccc7c6c5c4)c3)c3ccccc23)cc1. The maximum absolute atomic E-state index is 2.42. The highest BCUT2D eigenvalue weighted by atomic mass is 32.1.